The van der Waals surface area contributed by atoms with E-state index in [0.29, 0.717) is 102 Å². The number of amides is 6. The van der Waals surface area contributed by atoms with E-state index in [2.05, 4.69) is 42.4 Å². The number of anilines is 3. The molecule has 6 amide bonds. The molecule has 22 nitrogen and oxygen atoms in total. The topological polar surface area (TPSA) is 241 Å². The lowest BCUT2D eigenvalue weighted by atomic mass is 10.2. The number of nitrogens with one attached hydrogen (secondary N) is 3. The van der Waals surface area contributed by atoms with Gasteiger partial charge >= 0.3 is 18.3 Å². The molecule has 0 bridgehead atoms. The molecule has 0 saturated carbocycles. The normalized spacial score (nSPS) is 15.0. The number of alkyl halides is 2. The molecule has 3 aliphatic heterocycles. The van der Waals surface area contributed by atoms with Crippen molar-refractivity contribution in [1.82, 2.24) is 45.6 Å². The fraction of sp³-hybridized carbons (Fsp3) is 0.538. The van der Waals surface area contributed by atoms with Crippen molar-refractivity contribution in [3.63, 3.8) is 0 Å². The van der Waals surface area contributed by atoms with Crippen molar-refractivity contribution < 1.29 is 56.6 Å². The van der Waals surface area contributed by atoms with E-state index in [4.69, 9.17) is 14.2 Å². The number of aldehydes is 1. The predicted molar refractivity (Wildman–Crippen MR) is 283 cm³/mol. The standard InChI is InChI=1S/C18H26N4O3.C17H24F2N4O3.C17H24N4O4/c1-6-13-15(8-7-14(20-13)16(23)19-5)21-9-11-22(12-10-21)17(24)25-18(2,3)4;1-17(2,3)26-16(25)23-9-7-22(8-10-23)12-6-5-11(15(24)20-4)21-13(12)14(18)19;1-17(2,3)25-16(24)21-9-7-20(8-10-21)14-6-5-12(15(23)18-4)19-13(14)11-22/h6-8H,1,9-12H2,2-5H3,(H,19,23);5-6,14H,7-10H2,1-4H3,(H,20,24);5-6,11H,7-10H2,1-4H3,(H,18,23). The Morgan fingerprint density at radius 3 is 1.08 bits per heavy atom. The van der Waals surface area contributed by atoms with Gasteiger partial charge in [0, 0.05) is 99.7 Å². The van der Waals surface area contributed by atoms with Crippen LogP contribution in [0.25, 0.3) is 6.08 Å². The first-order valence-electron chi connectivity index (χ1n) is 24.9. The maximum atomic E-state index is 13.4. The van der Waals surface area contributed by atoms with Gasteiger partial charge in [-0.25, -0.2) is 38.1 Å². The van der Waals surface area contributed by atoms with Crippen molar-refractivity contribution in [2.24, 2.45) is 0 Å². The minimum absolute atomic E-state index is 0.0565. The van der Waals surface area contributed by atoms with Crippen molar-refractivity contribution in [2.75, 3.05) is 114 Å². The summed E-state index contributed by atoms with van der Waals surface area (Å²) in [5.41, 5.74) is 1.16. The average molecular weight is 1070 g/mol. The fourth-order valence-corrected chi connectivity index (χ4v) is 7.74. The molecule has 3 aromatic rings. The van der Waals surface area contributed by atoms with Crippen LogP contribution in [0.5, 0.6) is 0 Å². The predicted octanol–water partition coefficient (Wildman–Crippen LogP) is 5.89. The SMILES string of the molecule is C=Cc1nc(C(=O)NC)ccc1N1CCN(C(=O)OC(C)(C)C)CC1.CNC(=O)c1ccc(N2CCN(C(=O)OC(C)(C)C)CC2)c(C(F)F)n1.CNC(=O)c1ccc(N2CCN(C(=O)OC(C)(C)C)CC2)c(C=O)n1. The van der Waals surface area contributed by atoms with Gasteiger partial charge in [-0.1, -0.05) is 6.58 Å². The molecule has 3 saturated heterocycles. The molecular weight excluding hydrogens is 991 g/mol. The summed E-state index contributed by atoms with van der Waals surface area (Å²) in [6.07, 6.45) is -1.57. The number of aromatic nitrogens is 3. The Morgan fingerprint density at radius 1 is 0.500 bits per heavy atom. The highest BCUT2D eigenvalue weighted by atomic mass is 19.3. The summed E-state index contributed by atoms with van der Waals surface area (Å²) in [4.78, 5) is 106. The first-order valence-corrected chi connectivity index (χ1v) is 24.9. The van der Waals surface area contributed by atoms with Gasteiger partial charge in [0.05, 0.1) is 22.8 Å². The van der Waals surface area contributed by atoms with Crippen LogP contribution in [0, 0.1) is 0 Å². The second-order valence-electron chi connectivity index (χ2n) is 20.5. The van der Waals surface area contributed by atoms with Crippen LogP contribution in [0.15, 0.2) is 43.0 Å². The molecule has 3 aliphatic rings. The second kappa shape index (κ2) is 26.7. The highest BCUT2D eigenvalue weighted by Gasteiger charge is 2.31. The monoisotopic (exact) mass is 1060 g/mol. The maximum Gasteiger partial charge on any atom is 0.410 e. The van der Waals surface area contributed by atoms with Crippen molar-refractivity contribution in [3.8, 4) is 0 Å². The Balaban J connectivity index is 0.000000246. The molecular formula is C52H74F2N12O10. The van der Waals surface area contributed by atoms with Gasteiger partial charge in [0.2, 0.25) is 0 Å². The largest absolute Gasteiger partial charge is 0.444 e. The van der Waals surface area contributed by atoms with Crippen LogP contribution in [-0.4, -0.2) is 188 Å². The first-order chi connectivity index (χ1) is 35.6. The third-order valence-corrected chi connectivity index (χ3v) is 11.4. The number of hydrogen-bond acceptors (Lipinski definition) is 16. The minimum Gasteiger partial charge on any atom is -0.444 e. The molecule has 0 atom stereocenters. The zero-order valence-corrected chi connectivity index (χ0v) is 45.8. The van der Waals surface area contributed by atoms with E-state index in [9.17, 15) is 42.3 Å². The van der Waals surface area contributed by atoms with Crippen LogP contribution in [0.2, 0.25) is 0 Å². The lowest BCUT2D eigenvalue weighted by molar-refractivity contribution is 0.0230. The van der Waals surface area contributed by atoms with Gasteiger partial charge in [-0.05, 0) is 105 Å². The summed E-state index contributed by atoms with van der Waals surface area (Å²) in [7, 11) is 4.49. The van der Waals surface area contributed by atoms with Gasteiger partial charge in [-0.2, -0.15) is 0 Å². The zero-order valence-electron chi connectivity index (χ0n) is 45.8. The number of nitrogens with zero attached hydrogens (tertiary/aromatic N) is 9. The van der Waals surface area contributed by atoms with E-state index >= 15 is 0 Å². The summed E-state index contributed by atoms with van der Waals surface area (Å²) in [5.74, 6) is -1.10. The first kappa shape index (κ1) is 60.9. The van der Waals surface area contributed by atoms with E-state index in [1.54, 1.807) is 71.7 Å². The minimum atomic E-state index is -2.81. The van der Waals surface area contributed by atoms with Crippen LogP contribution >= 0.6 is 0 Å². The van der Waals surface area contributed by atoms with Gasteiger partial charge in [0.1, 0.15) is 45.3 Å². The zero-order chi connectivity index (χ0) is 56.7. The van der Waals surface area contributed by atoms with Gasteiger partial charge in [0.15, 0.2) is 6.29 Å². The van der Waals surface area contributed by atoms with E-state index in [0.717, 1.165) is 5.69 Å². The Kier molecular flexibility index (Phi) is 21.4. The number of rotatable bonds is 9. The molecule has 0 unspecified atom stereocenters. The smallest absolute Gasteiger partial charge is 0.410 e. The fourth-order valence-electron chi connectivity index (χ4n) is 7.74. The lowest BCUT2D eigenvalue weighted by Gasteiger charge is -2.37. The molecule has 0 aromatic carbocycles. The number of piperazine rings is 3. The molecule has 3 N–H and O–H groups in total. The molecule has 3 aromatic heterocycles. The van der Waals surface area contributed by atoms with Crippen molar-refractivity contribution >= 4 is 65.4 Å². The Morgan fingerprint density at radius 2 is 0.789 bits per heavy atom. The third-order valence-electron chi connectivity index (χ3n) is 11.4. The summed E-state index contributed by atoms with van der Waals surface area (Å²) >= 11 is 0. The summed E-state index contributed by atoms with van der Waals surface area (Å²) < 4.78 is 42.9. The van der Waals surface area contributed by atoms with Gasteiger partial charge in [0.25, 0.3) is 24.1 Å². The molecule has 0 aliphatic carbocycles. The third kappa shape index (κ3) is 17.7. The maximum absolute atomic E-state index is 13.4. The number of pyridine rings is 3. The summed E-state index contributed by atoms with van der Waals surface area (Å²) in [5, 5.41) is 7.41. The second-order valence-corrected chi connectivity index (χ2v) is 20.5. The molecule has 76 heavy (non-hydrogen) atoms. The number of carbonyl (C=O) groups is 7. The quantitative estimate of drug-likeness (QED) is 0.167. The van der Waals surface area contributed by atoms with Crippen molar-refractivity contribution in [1.29, 1.82) is 0 Å². The van der Waals surface area contributed by atoms with Gasteiger partial charge < -0.3 is 59.6 Å². The van der Waals surface area contributed by atoms with Gasteiger partial charge in [-0.3, -0.25) is 19.2 Å². The highest BCUT2D eigenvalue weighted by Crippen LogP contribution is 2.30. The number of hydrogen-bond donors (Lipinski definition) is 3. The summed E-state index contributed by atoms with van der Waals surface area (Å²) in [6.45, 7) is 26.3. The van der Waals surface area contributed by atoms with Crippen LogP contribution in [0.1, 0.15) is 122 Å². The molecule has 0 spiro atoms. The molecule has 6 heterocycles. The molecule has 0 radical (unpaired) electrons. The van der Waals surface area contributed by atoms with Crippen LogP contribution < -0.4 is 30.7 Å². The molecule has 416 valence electrons. The van der Waals surface area contributed by atoms with Crippen LogP contribution in [0.3, 0.4) is 0 Å². The Bertz CT molecular complexity index is 2430. The van der Waals surface area contributed by atoms with Gasteiger partial charge in [-0.15, -0.1) is 0 Å². The summed E-state index contributed by atoms with van der Waals surface area (Å²) in [6, 6.07) is 9.76. The van der Waals surface area contributed by atoms with E-state index in [-0.39, 0.29) is 46.8 Å². The van der Waals surface area contributed by atoms with Crippen molar-refractivity contribution in [3.05, 3.63) is 77.1 Å². The average Bonchev–Trinajstić information content (AvgIpc) is 3.38. The van der Waals surface area contributed by atoms with E-state index in [1.165, 1.54) is 26.2 Å². The Hall–Kier alpha value is -7.66. The lowest BCUT2D eigenvalue weighted by Crippen LogP contribution is -2.50. The Labute approximate surface area is 443 Å². The highest BCUT2D eigenvalue weighted by molar-refractivity contribution is 5.95. The molecule has 3 fully saturated rings. The van der Waals surface area contributed by atoms with Crippen LogP contribution in [0.4, 0.5) is 40.2 Å². The number of ether oxygens (including phenoxy) is 3. The van der Waals surface area contributed by atoms with E-state index in [1.807, 2.05) is 52.5 Å². The van der Waals surface area contributed by atoms with Crippen LogP contribution in [-0.2, 0) is 14.2 Å². The molecule has 6 rings (SSSR count). The molecule has 24 heteroatoms. The number of halogens is 2. The van der Waals surface area contributed by atoms with Crippen molar-refractivity contribution in [2.45, 2.75) is 85.5 Å². The number of carbonyl (C=O) groups excluding carboxylic acids is 7. The van der Waals surface area contributed by atoms with E-state index < -0.39 is 40.9 Å².